The highest BCUT2D eigenvalue weighted by molar-refractivity contribution is 7.89. The highest BCUT2D eigenvalue weighted by atomic mass is 32.2. The van der Waals surface area contributed by atoms with E-state index in [2.05, 4.69) is 4.72 Å². The number of aliphatic hydroxyl groups excluding tert-OH is 1. The fourth-order valence-corrected chi connectivity index (χ4v) is 3.04. The van der Waals surface area contributed by atoms with E-state index in [9.17, 15) is 21.6 Å². The number of benzene rings is 1. The van der Waals surface area contributed by atoms with E-state index in [-0.39, 0.29) is 6.42 Å². The Hall–Kier alpha value is -1.89. The van der Waals surface area contributed by atoms with Crippen LogP contribution in [0.25, 0.3) is 0 Å². The predicted octanol–water partition coefficient (Wildman–Crippen LogP) is 2.18. The van der Waals surface area contributed by atoms with E-state index in [1.807, 2.05) is 0 Å². The Morgan fingerprint density at radius 1 is 1.43 bits per heavy atom. The van der Waals surface area contributed by atoms with Crippen molar-refractivity contribution >= 4 is 10.0 Å². The third-order valence-electron chi connectivity index (χ3n) is 2.93. The molecule has 1 atom stereocenters. The molecule has 0 bridgehead atoms. The molecule has 0 saturated carbocycles. The molecule has 0 heterocycles. The molecule has 1 aromatic rings. The number of rotatable bonds is 6. The Labute approximate surface area is 132 Å². The maximum atomic E-state index is 12.7. The van der Waals surface area contributed by atoms with Gasteiger partial charge in [0.1, 0.15) is 0 Å². The van der Waals surface area contributed by atoms with E-state index in [0.29, 0.717) is 12.1 Å². The first-order chi connectivity index (χ1) is 10.7. The average Bonchev–Trinajstić information content (AvgIpc) is 2.49. The summed E-state index contributed by atoms with van der Waals surface area (Å²) in [6.07, 6.45) is -1.22. The second-order valence-electron chi connectivity index (χ2n) is 4.62. The van der Waals surface area contributed by atoms with Crippen LogP contribution in [0, 0.1) is 11.3 Å². The zero-order valence-corrected chi connectivity index (χ0v) is 12.9. The molecule has 9 heteroatoms. The fourth-order valence-electron chi connectivity index (χ4n) is 1.78. The van der Waals surface area contributed by atoms with Crippen LogP contribution in [0.1, 0.15) is 24.5 Å². The third kappa shape index (κ3) is 5.06. The van der Waals surface area contributed by atoms with E-state index in [0.717, 1.165) is 6.07 Å². The SMILES string of the molecule is C/C=C/CC(CO)NS(=O)(=O)c1ccc(C(F)(F)F)c(C#N)c1. The summed E-state index contributed by atoms with van der Waals surface area (Å²) in [5, 5.41) is 18.0. The maximum Gasteiger partial charge on any atom is 0.417 e. The van der Waals surface area contributed by atoms with Crippen LogP contribution in [0.3, 0.4) is 0 Å². The molecule has 1 unspecified atom stereocenters. The molecule has 126 valence electrons. The molecule has 0 radical (unpaired) electrons. The van der Waals surface area contributed by atoms with E-state index in [1.54, 1.807) is 19.1 Å². The second-order valence-corrected chi connectivity index (χ2v) is 6.34. The van der Waals surface area contributed by atoms with Gasteiger partial charge in [-0.15, -0.1) is 0 Å². The molecule has 0 fully saturated rings. The number of nitriles is 1. The molecule has 2 N–H and O–H groups in total. The Bertz CT molecular complexity index is 722. The normalized spacial score (nSPS) is 13.9. The molecule has 0 amide bonds. The van der Waals surface area contributed by atoms with Gasteiger partial charge in [-0.05, 0) is 31.5 Å². The van der Waals surface area contributed by atoms with Gasteiger partial charge in [-0.2, -0.15) is 18.4 Å². The Balaban J connectivity index is 3.17. The number of allylic oxidation sites excluding steroid dienone is 1. The van der Waals surface area contributed by atoms with Gasteiger partial charge in [0.25, 0.3) is 0 Å². The summed E-state index contributed by atoms with van der Waals surface area (Å²) < 4.78 is 64.6. The number of aliphatic hydroxyl groups is 1. The zero-order chi connectivity index (χ0) is 17.7. The van der Waals surface area contributed by atoms with Crippen molar-refractivity contribution in [1.29, 1.82) is 5.26 Å². The van der Waals surface area contributed by atoms with Crippen molar-refractivity contribution in [3.8, 4) is 6.07 Å². The number of sulfonamides is 1. The lowest BCUT2D eigenvalue weighted by Crippen LogP contribution is -2.37. The number of hydrogen-bond donors (Lipinski definition) is 2. The van der Waals surface area contributed by atoms with E-state index >= 15 is 0 Å². The number of nitrogens with zero attached hydrogens (tertiary/aromatic N) is 1. The van der Waals surface area contributed by atoms with Gasteiger partial charge >= 0.3 is 6.18 Å². The van der Waals surface area contributed by atoms with Crippen LogP contribution < -0.4 is 4.72 Å². The van der Waals surface area contributed by atoms with Crippen molar-refractivity contribution in [3.63, 3.8) is 0 Å². The lowest BCUT2D eigenvalue weighted by molar-refractivity contribution is -0.137. The van der Waals surface area contributed by atoms with Crippen molar-refractivity contribution < 1.29 is 26.7 Å². The Kier molecular flexibility index (Phi) is 6.32. The van der Waals surface area contributed by atoms with Gasteiger partial charge in [0.05, 0.1) is 28.7 Å². The molecule has 23 heavy (non-hydrogen) atoms. The van der Waals surface area contributed by atoms with E-state index in [4.69, 9.17) is 10.4 Å². The minimum absolute atomic E-state index is 0.220. The summed E-state index contributed by atoms with van der Waals surface area (Å²) >= 11 is 0. The minimum Gasteiger partial charge on any atom is -0.395 e. The average molecular weight is 348 g/mol. The largest absolute Gasteiger partial charge is 0.417 e. The quantitative estimate of drug-likeness (QED) is 0.771. The van der Waals surface area contributed by atoms with Gasteiger partial charge < -0.3 is 5.11 Å². The molecular weight excluding hydrogens is 333 g/mol. The molecule has 5 nitrogen and oxygen atoms in total. The standard InChI is InChI=1S/C14H15F3N2O3S/c1-2-3-4-11(9-20)19-23(21,22)12-5-6-13(14(15,16)17)10(7-12)8-18/h2-3,5-7,11,19-20H,4,9H2,1H3/b3-2+. The van der Waals surface area contributed by atoms with Gasteiger partial charge in [-0.25, -0.2) is 13.1 Å². The summed E-state index contributed by atoms with van der Waals surface area (Å²) in [5.41, 5.74) is -1.99. The molecule has 0 aromatic heterocycles. The van der Waals surface area contributed by atoms with Crippen LogP contribution in [0.4, 0.5) is 13.2 Å². The van der Waals surface area contributed by atoms with Gasteiger partial charge in [-0.1, -0.05) is 12.2 Å². The third-order valence-corrected chi connectivity index (χ3v) is 4.44. The molecule has 0 saturated heterocycles. The highest BCUT2D eigenvalue weighted by Gasteiger charge is 2.34. The summed E-state index contributed by atoms with van der Waals surface area (Å²) in [6.45, 7) is 1.24. The van der Waals surface area contributed by atoms with Crippen molar-refractivity contribution in [3.05, 3.63) is 41.5 Å². The van der Waals surface area contributed by atoms with E-state index in [1.165, 1.54) is 6.07 Å². The van der Waals surface area contributed by atoms with Gasteiger partial charge in [0, 0.05) is 6.04 Å². The topological polar surface area (TPSA) is 90.2 Å². The molecular formula is C14H15F3N2O3S. The zero-order valence-electron chi connectivity index (χ0n) is 12.1. The van der Waals surface area contributed by atoms with E-state index < -0.39 is 44.9 Å². The monoisotopic (exact) mass is 348 g/mol. The molecule has 0 spiro atoms. The maximum absolute atomic E-state index is 12.7. The van der Waals surface area contributed by atoms with Crippen molar-refractivity contribution in [2.24, 2.45) is 0 Å². The molecule has 1 aromatic carbocycles. The van der Waals surface area contributed by atoms with Crippen LogP contribution in [0.15, 0.2) is 35.2 Å². The van der Waals surface area contributed by atoms with Gasteiger partial charge in [0.2, 0.25) is 10.0 Å². The molecule has 0 aliphatic carbocycles. The van der Waals surface area contributed by atoms with Crippen molar-refractivity contribution in [1.82, 2.24) is 4.72 Å². The lowest BCUT2D eigenvalue weighted by atomic mass is 10.1. The Morgan fingerprint density at radius 2 is 2.09 bits per heavy atom. The van der Waals surface area contributed by atoms with Crippen LogP contribution in [-0.4, -0.2) is 26.2 Å². The summed E-state index contributed by atoms with van der Waals surface area (Å²) in [6, 6.07) is 2.51. The fraction of sp³-hybridized carbons (Fsp3) is 0.357. The molecule has 0 aliphatic rings. The first-order valence-corrected chi connectivity index (χ1v) is 7.99. The van der Waals surface area contributed by atoms with Gasteiger partial charge in [0.15, 0.2) is 0 Å². The van der Waals surface area contributed by atoms with Crippen LogP contribution in [0.5, 0.6) is 0 Å². The summed E-state index contributed by atoms with van der Waals surface area (Å²) in [4.78, 5) is -0.471. The number of nitrogens with one attached hydrogen (secondary N) is 1. The van der Waals surface area contributed by atoms with Crippen LogP contribution in [0.2, 0.25) is 0 Å². The van der Waals surface area contributed by atoms with Crippen molar-refractivity contribution in [2.45, 2.75) is 30.5 Å². The smallest absolute Gasteiger partial charge is 0.395 e. The summed E-state index contributed by atoms with van der Waals surface area (Å²) in [7, 11) is -4.16. The minimum atomic E-state index is -4.75. The number of hydrogen-bond acceptors (Lipinski definition) is 4. The van der Waals surface area contributed by atoms with Crippen molar-refractivity contribution in [2.75, 3.05) is 6.61 Å². The summed E-state index contributed by atoms with van der Waals surface area (Å²) in [5.74, 6) is 0. The van der Waals surface area contributed by atoms with Crippen LogP contribution in [-0.2, 0) is 16.2 Å². The first-order valence-electron chi connectivity index (χ1n) is 6.51. The first kappa shape index (κ1) is 19.2. The lowest BCUT2D eigenvalue weighted by Gasteiger charge is -2.16. The highest BCUT2D eigenvalue weighted by Crippen LogP contribution is 2.32. The Morgan fingerprint density at radius 3 is 2.57 bits per heavy atom. The molecule has 1 rings (SSSR count). The number of alkyl halides is 3. The predicted molar refractivity (Wildman–Crippen MR) is 76.8 cm³/mol. The molecule has 0 aliphatic heterocycles. The van der Waals surface area contributed by atoms with Crippen LogP contribution >= 0.6 is 0 Å². The number of halogens is 3. The van der Waals surface area contributed by atoms with Gasteiger partial charge in [-0.3, -0.25) is 0 Å². The second kappa shape index (κ2) is 7.59.